The van der Waals surface area contributed by atoms with E-state index in [1.165, 1.54) is 36.9 Å². The van der Waals surface area contributed by atoms with E-state index in [1.807, 2.05) is 7.05 Å². The number of amides is 1. The number of carbonyl (C=O) groups is 1. The zero-order valence-corrected chi connectivity index (χ0v) is 14.3. The Morgan fingerprint density at radius 1 is 1.21 bits per heavy atom. The van der Waals surface area contributed by atoms with Gasteiger partial charge in [0.25, 0.3) is 5.91 Å². The third kappa shape index (κ3) is 2.74. The highest BCUT2D eigenvalue weighted by Crippen LogP contribution is 2.33. The molecule has 2 aliphatic rings. The van der Waals surface area contributed by atoms with E-state index in [-0.39, 0.29) is 5.91 Å². The quantitative estimate of drug-likeness (QED) is 0.906. The van der Waals surface area contributed by atoms with E-state index < -0.39 is 0 Å². The predicted molar refractivity (Wildman–Crippen MR) is 90.8 cm³/mol. The summed E-state index contributed by atoms with van der Waals surface area (Å²) >= 11 is 0. The van der Waals surface area contributed by atoms with Crippen LogP contribution < -0.4 is 0 Å². The Hall–Kier alpha value is -2.11. The molecule has 0 unspecified atom stereocenters. The fourth-order valence-electron chi connectivity index (χ4n) is 4.19. The minimum atomic E-state index is 0.0408. The molecule has 6 nitrogen and oxygen atoms in total. The number of hydrogen-bond acceptors (Lipinski definition) is 3. The number of aromatic nitrogens is 4. The van der Waals surface area contributed by atoms with Gasteiger partial charge in [0.2, 0.25) is 0 Å². The van der Waals surface area contributed by atoms with Crippen molar-refractivity contribution in [1.29, 1.82) is 0 Å². The van der Waals surface area contributed by atoms with Gasteiger partial charge in [0.05, 0.1) is 29.7 Å². The molecule has 0 aliphatic heterocycles. The highest BCUT2D eigenvalue weighted by Gasteiger charge is 2.26. The molecule has 0 radical (unpaired) electrons. The van der Waals surface area contributed by atoms with Crippen molar-refractivity contribution >= 4 is 5.91 Å². The van der Waals surface area contributed by atoms with E-state index in [1.54, 1.807) is 11.1 Å². The lowest BCUT2D eigenvalue weighted by Gasteiger charge is -2.23. The molecule has 2 aromatic heterocycles. The summed E-state index contributed by atoms with van der Waals surface area (Å²) < 4.78 is 0. The minimum absolute atomic E-state index is 0.0408. The van der Waals surface area contributed by atoms with Gasteiger partial charge in [-0.25, -0.2) is 0 Å². The molecule has 6 heteroatoms. The van der Waals surface area contributed by atoms with E-state index in [4.69, 9.17) is 0 Å². The molecule has 2 aliphatic carbocycles. The summed E-state index contributed by atoms with van der Waals surface area (Å²) in [6.07, 6.45) is 11.1. The summed E-state index contributed by atoms with van der Waals surface area (Å²) in [7, 11) is 1.86. The van der Waals surface area contributed by atoms with E-state index in [0.717, 1.165) is 42.6 Å². The highest BCUT2D eigenvalue weighted by atomic mass is 16.2. The molecule has 0 atom stereocenters. The molecular formula is C18H25N5O. The van der Waals surface area contributed by atoms with Crippen molar-refractivity contribution < 1.29 is 4.79 Å². The first-order valence-electron chi connectivity index (χ1n) is 9.07. The Bertz CT molecular complexity index is 726. The van der Waals surface area contributed by atoms with E-state index >= 15 is 0 Å². The van der Waals surface area contributed by atoms with Gasteiger partial charge in [-0.15, -0.1) is 0 Å². The zero-order valence-electron chi connectivity index (χ0n) is 14.3. The van der Waals surface area contributed by atoms with Crippen molar-refractivity contribution in [1.82, 2.24) is 25.3 Å². The van der Waals surface area contributed by atoms with Crippen LogP contribution in [0.5, 0.6) is 0 Å². The number of rotatable bonds is 4. The van der Waals surface area contributed by atoms with Crippen molar-refractivity contribution in [2.24, 2.45) is 0 Å². The van der Waals surface area contributed by atoms with Gasteiger partial charge in [-0.1, -0.05) is 19.3 Å². The van der Waals surface area contributed by atoms with Gasteiger partial charge in [-0.3, -0.25) is 15.0 Å². The maximum atomic E-state index is 12.9. The topological polar surface area (TPSA) is 77.7 Å². The highest BCUT2D eigenvalue weighted by molar-refractivity contribution is 5.95. The van der Waals surface area contributed by atoms with Crippen LogP contribution in [-0.2, 0) is 19.4 Å². The monoisotopic (exact) mass is 327 g/mol. The number of nitrogens with one attached hydrogen (secondary N) is 2. The van der Waals surface area contributed by atoms with Crippen molar-refractivity contribution in [3.05, 3.63) is 34.4 Å². The molecule has 2 N–H and O–H groups in total. The molecule has 0 bridgehead atoms. The first-order chi connectivity index (χ1) is 11.7. The van der Waals surface area contributed by atoms with Gasteiger partial charge in [0.1, 0.15) is 0 Å². The summed E-state index contributed by atoms with van der Waals surface area (Å²) in [4.78, 5) is 14.7. The number of aromatic amines is 2. The second kappa shape index (κ2) is 6.42. The molecule has 128 valence electrons. The molecule has 2 heterocycles. The third-order valence-corrected chi connectivity index (χ3v) is 5.54. The largest absolute Gasteiger partial charge is 0.336 e. The molecule has 1 fully saturated rings. The fourth-order valence-corrected chi connectivity index (χ4v) is 4.19. The average molecular weight is 327 g/mol. The zero-order chi connectivity index (χ0) is 16.5. The van der Waals surface area contributed by atoms with Crippen molar-refractivity contribution in [2.45, 2.75) is 63.8 Å². The number of hydrogen-bond donors (Lipinski definition) is 2. The molecule has 0 aromatic carbocycles. The Morgan fingerprint density at radius 2 is 2.04 bits per heavy atom. The summed E-state index contributed by atoms with van der Waals surface area (Å²) in [5, 5.41) is 14.8. The number of carbonyl (C=O) groups excluding carboxylic acids is 1. The van der Waals surface area contributed by atoms with Crippen LogP contribution in [0.3, 0.4) is 0 Å². The minimum Gasteiger partial charge on any atom is -0.336 e. The average Bonchev–Trinajstić information content (AvgIpc) is 3.33. The maximum absolute atomic E-state index is 12.9. The van der Waals surface area contributed by atoms with Crippen LogP contribution in [-0.4, -0.2) is 38.2 Å². The molecule has 1 amide bonds. The number of H-pyrrole nitrogens is 2. The van der Waals surface area contributed by atoms with Gasteiger partial charge in [0, 0.05) is 18.7 Å². The Balaban J connectivity index is 1.50. The lowest BCUT2D eigenvalue weighted by atomic mass is 9.85. The van der Waals surface area contributed by atoms with Crippen molar-refractivity contribution in [3.8, 4) is 0 Å². The molecular weight excluding hydrogens is 302 g/mol. The van der Waals surface area contributed by atoms with Crippen LogP contribution in [0, 0.1) is 0 Å². The van der Waals surface area contributed by atoms with Gasteiger partial charge < -0.3 is 4.90 Å². The van der Waals surface area contributed by atoms with Crippen LogP contribution in [0.2, 0.25) is 0 Å². The second-order valence-corrected chi connectivity index (χ2v) is 7.17. The van der Waals surface area contributed by atoms with Gasteiger partial charge >= 0.3 is 0 Å². The molecule has 0 saturated heterocycles. The maximum Gasteiger partial charge on any atom is 0.257 e. The standard InChI is InChI=1S/C18H25N5O/c1-23(11-16-13-8-5-9-15(13)20-21-16)18(24)14-10-19-22-17(14)12-6-3-2-4-7-12/h10,12H,2-9,11H2,1H3,(H,19,22)(H,20,21). The second-order valence-electron chi connectivity index (χ2n) is 7.17. The summed E-state index contributed by atoms with van der Waals surface area (Å²) in [6.45, 7) is 0.556. The lowest BCUT2D eigenvalue weighted by molar-refractivity contribution is 0.0781. The normalized spacial score (nSPS) is 17.9. The van der Waals surface area contributed by atoms with Gasteiger partial charge in [0.15, 0.2) is 0 Å². The molecule has 1 saturated carbocycles. The van der Waals surface area contributed by atoms with E-state index in [9.17, 15) is 4.79 Å². The number of aryl methyl sites for hydroxylation is 1. The Labute approximate surface area is 142 Å². The first kappa shape index (κ1) is 15.4. The third-order valence-electron chi connectivity index (χ3n) is 5.54. The van der Waals surface area contributed by atoms with Crippen LogP contribution in [0.25, 0.3) is 0 Å². The van der Waals surface area contributed by atoms with E-state index in [2.05, 4.69) is 20.4 Å². The SMILES string of the molecule is CN(Cc1n[nH]c2c1CCC2)C(=O)c1cn[nH]c1C1CCCCC1. The predicted octanol–water partition coefficient (Wildman–Crippen LogP) is 2.94. The molecule has 0 spiro atoms. The first-order valence-corrected chi connectivity index (χ1v) is 9.07. The van der Waals surface area contributed by atoms with Gasteiger partial charge in [-0.05, 0) is 37.7 Å². The van der Waals surface area contributed by atoms with Crippen LogP contribution in [0.15, 0.2) is 6.20 Å². The number of fused-ring (bicyclic) bond motifs is 1. The molecule has 2 aromatic rings. The summed E-state index contributed by atoms with van der Waals surface area (Å²) in [6, 6.07) is 0. The lowest BCUT2D eigenvalue weighted by Crippen LogP contribution is -2.28. The summed E-state index contributed by atoms with van der Waals surface area (Å²) in [5.41, 5.74) is 5.34. The number of nitrogens with zero attached hydrogens (tertiary/aromatic N) is 3. The fraction of sp³-hybridized carbons (Fsp3) is 0.611. The molecule has 24 heavy (non-hydrogen) atoms. The summed E-state index contributed by atoms with van der Waals surface area (Å²) in [5.74, 6) is 0.488. The van der Waals surface area contributed by atoms with E-state index in [0.29, 0.717) is 12.5 Å². The van der Waals surface area contributed by atoms with Crippen LogP contribution >= 0.6 is 0 Å². The van der Waals surface area contributed by atoms with Crippen molar-refractivity contribution in [3.63, 3.8) is 0 Å². The molecule has 4 rings (SSSR count). The van der Waals surface area contributed by atoms with Gasteiger partial charge in [-0.2, -0.15) is 10.2 Å². The smallest absolute Gasteiger partial charge is 0.257 e. The van der Waals surface area contributed by atoms with Crippen LogP contribution in [0.1, 0.15) is 77.4 Å². The Kier molecular flexibility index (Phi) is 4.12. The van der Waals surface area contributed by atoms with Crippen molar-refractivity contribution in [2.75, 3.05) is 7.05 Å². The Morgan fingerprint density at radius 3 is 2.88 bits per heavy atom. The van der Waals surface area contributed by atoms with Crippen LogP contribution in [0.4, 0.5) is 0 Å².